The van der Waals surface area contributed by atoms with E-state index in [0.717, 1.165) is 11.1 Å². The average Bonchev–Trinajstić information content (AvgIpc) is 3.07. The second-order valence-corrected chi connectivity index (χ2v) is 5.42. The first-order chi connectivity index (χ1) is 11.5. The van der Waals surface area contributed by atoms with Gasteiger partial charge in [0.05, 0.1) is 12.8 Å². The number of esters is 1. The third kappa shape index (κ3) is 4.87. The third-order valence-corrected chi connectivity index (χ3v) is 3.59. The normalized spacial score (nSPS) is 11.6. The minimum Gasteiger partial charge on any atom is -0.482 e. The van der Waals surface area contributed by atoms with E-state index >= 15 is 0 Å². The fraction of sp³-hybridized carbons (Fsp3) is 0.333. The van der Waals surface area contributed by atoms with Crippen molar-refractivity contribution in [3.05, 3.63) is 53.5 Å². The summed E-state index contributed by atoms with van der Waals surface area (Å²) < 4.78 is 15.6. The van der Waals surface area contributed by atoms with Crippen molar-refractivity contribution in [2.45, 2.75) is 33.4 Å². The van der Waals surface area contributed by atoms with Gasteiger partial charge in [-0.3, -0.25) is 4.79 Å². The molecule has 1 atom stereocenters. The van der Waals surface area contributed by atoms with Crippen LogP contribution in [0.1, 0.15) is 23.8 Å². The van der Waals surface area contributed by atoms with Crippen LogP contribution < -0.4 is 10.1 Å². The fourth-order valence-electron chi connectivity index (χ4n) is 2.03. The molecule has 1 aromatic carbocycles. The zero-order valence-electron chi connectivity index (χ0n) is 14.0. The molecule has 0 saturated heterocycles. The van der Waals surface area contributed by atoms with E-state index in [1.807, 2.05) is 26.0 Å². The molecular formula is C18H21NO5. The van der Waals surface area contributed by atoms with E-state index in [1.165, 1.54) is 13.2 Å². The summed E-state index contributed by atoms with van der Waals surface area (Å²) in [5.74, 6) is 0.255. The Morgan fingerprint density at radius 1 is 1.21 bits per heavy atom. The summed E-state index contributed by atoms with van der Waals surface area (Å²) in [5.41, 5.74) is 2.04. The standard InChI is InChI=1S/C18H21NO5/c1-12-6-4-8-16(13(12)2)23-11-17(20)24-14(3)18(21)19-10-15-7-5-9-22-15/h4-9,14H,10-11H2,1-3H3,(H,19,21)/t14-/m0/s1. The molecule has 6 nitrogen and oxygen atoms in total. The lowest BCUT2D eigenvalue weighted by Gasteiger charge is -2.14. The Bertz CT molecular complexity index is 693. The van der Waals surface area contributed by atoms with Crippen molar-refractivity contribution in [2.75, 3.05) is 6.61 Å². The van der Waals surface area contributed by atoms with Crippen molar-refractivity contribution in [1.29, 1.82) is 0 Å². The first kappa shape index (κ1) is 17.6. The zero-order valence-corrected chi connectivity index (χ0v) is 14.0. The van der Waals surface area contributed by atoms with E-state index in [1.54, 1.807) is 18.2 Å². The van der Waals surface area contributed by atoms with Crippen LogP contribution in [0, 0.1) is 13.8 Å². The van der Waals surface area contributed by atoms with E-state index in [-0.39, 0.29) is 13.2 Å². The molecule has 24 heavy (non-hydrogen) atoms. The minimum absolute atomic E-state index is 0.243. The molecule has 1 aromatic heterocycles. The number of carbonyl (C=O) groups is 2. The van der Waals surface area contributed by atoms with E-state index in [4.69, 9.17) is 13.9 Å². The second kappa shape index (κ2) is 8.19. The highest BCUT2D eigenvalue weighted by molar-refractivity contribution is 5.83. The highest BCUT2D eigenvalue weighted by Gasteiger charge is 2.18. The first-order valence-electron chi connectivity index (χ1n) is 7.66. The monoisotopic (exact) mass is 331 g/mol. The quantitative estimate of drug-likeness (QED) is 0.789. The molecule has 2 aromatic rings. The predicted octanol–water partition coefficient (Wildman–Crippen LogP) is 2.52. The van der Waals surface area contributed by atoms with E-state index in [2.05, 4.69) is 5.32 Å². The third-order valence-electron chi connectivity index (χ3n) is 3.59. The van der Waals surface area contributed by atoms with Crippen molar-refractivity contribution in [1.82, 2.24) is 5.32 Å². The predicted molar refractivity (Wildman–Crippen MR) is 87.5 cm³/mol. The maximum absolute atomic E-state index is 11.9. The van der Waals surface area contributed by atoms with Gasteiger partial charge in [-0.2, -0.15) is 0 Å². The van der Waals surface area contributed by atoms with Crippen LogP contribution in [-0.2, 0) is 20.9 Å². The first-order valence-corrected chi connectivity index (χ1v) is 7.66. The Balaban J connectivity index is 1.76. The van der Waals surface area contributed by atoms with Gasteiger partial charge in [0.1, 0.15) is 11.5 Å². The molecule has 0 spiro atoms. The van der Waals surface area contributed by atoms with Crippen molar-refractivity contribution in [3.63, 3.8) is 0 Å². The number of carbonyl (C=O) groups excluding carboxylic acids is 2. The summed E-state index contributed by atoms with van der Waals surface area (Å²) >= 11 is 0. The van der Waals surface area contributed by atoms with Crippen molar-refractivity contribution >= 4 is 11.9 Å². The van der Waals surface area contributed by atoms with Crippen LogP contribution in [0.5, 0.6) is 5.75 Å². The number of furan rings is 1. The Labute approximate surface area is 140 Å². The molecule has 0 aliphatic carbocycles. The van der Waals surface area contributed by atoms with Gasteiger partial charge in [0.2, 0.25) is 0 Å². The van der Waals surface area contributed by atoms with Gasteiger partial charge in [-0.15, -0.1) is 0 Å². The van der Waals surface area contributed by atoms with Crippen molar-refractivity contribution in [2.24, 2.45) is 0 Å². The molecule has 0 saturated carbocycles. The maximum atomic E-state index is 11.9. The summed E-state index contributed by atoms with van der Waals surface area (Å²) in [4.78, 5) is 23.7. The molecule has 0 fully saturated rings. The van der Waals surface area contributed by atoms with Crippen LogP contribution in [0.25, 0.3) is 0 Å². The zero-order chi connectivity index (χ0) is 17.5. The molecule has 2 rings (SSSR count). The average molecular weight is 331 g/mol. The van der Waals surface area contributed by atoms with Crippen LogP contribution >= 0.6 is 0 Å². The molecule has 0 aliphatic rings. The summed E-state index contributed by atoms with van der Waals surface area (Å²) in [7, 11) is 0. The van der Waals surface area contributed by atoms with Crippen LogP contribution in [0.15, 0.2) is 41.0 Å². The van der Waals surface area contributed by atoms with Gasteiger partial charge in [-0.25, -0.2) is 4.79 Å². The van der Waals surface area contributed by atoms with Gasteiger partial charge >= 0.3 is 5.97 Å². The smallest absolute Gasteiger partial charge is 0.344 e. The highest BCUT2D eigenvalue weighted by Crippen LogP contribution is 2.20. The molecular weight excluding hydrogens is 310 g/mol. The number of hydrogen-bond donors (Lipinski definition) is 1. The van der Waals surface area contributed by atoms with Crippen LogP contribution in [0.2, 0.25) is 0 Å². The SMILES string of the molecule is Cc1cccc(OCC(=O)O[C@@H](C)C(=O)NCc2ccco2)c1C. The molecule has 0 unspecified atom stereocenters. The number of hydrogen-bond acceptors (Lipinski definition) is 5. The van der Waals surface area contributed by atoms with Gasteiger partial charge in [0.15, 0.2) is 12.7 Å². The number of nitrogens with one attached hydrogen (secondary N) is 1. The van der Waals surface area contributed by atoms with E-state index in [9.17, 15) is 9.59 Å². The molecule has 1 amide bonds. The number of ether oxygens (including phenoxy) is 2. The molecule has 0 radical (unpaired) electrons. The number of rotatable bonds is 7. The van der Waals surface area contributed by atoms with Crippen LogP contribution in [0.3, 0.4) is 0 Å². The molecule has 0 aliphatic heterocycles. The molecule has 6 heteroatoms. The lowest BCUT2D eigenvalue weighted by atomic mass is 10.1. The number of amides is 1. The van der Waals surface area contributed by atoms with Crippen molar-refractivity contribution in [3.8, 4) is 5.75 Å². The Morgan fingerprint density at radius 2 is 2.00 bits per heavy atom. The molecule has 128 valence electrons. The lowest BCUT2D eigenvalue weighted by molar-refractivity contribution is -0.156. The van der Waals surface area contributed by atoms with Crippen LogP contribution in [-0.4, -0.2) is 24.6 Å². The largest absolute Gasteiger partial charge is 0.482 e. The Morgan fingerprint density at radius 3 is 2.71 bits per heavy atom. The van der Waals surface area contributed by atoms with Crippen LogP contribution in [0.4, 0.5) is 0 Å². The Kier molecular flexibility index (Phi) is 6.01. The molecule has 1 heterocycles. The second-order valence-electron chi connectivity index (χ2n) is 5.42. The minimum atomic E-state index is -0.908. The summed E-state index contributed by atoms with van der Waals surface area (Å²) in [5, 5.41) is 2.63. The van der Waals surface area contributed by atoms with Gasteiger partial charge in [0, 0.05) is 0 Å². The number of aryl methyl sites for hydroxylation is 1. The summed E-state index contributed by atoms with van der Waals surface area (Å²) in [6.07, 6.45) is 0.616. The maximum Gasteiger partial charge on any atom is 0.344 e. The fourth-order valence-corrected chi connectivity index (χ4v) is 2.03. The highest BCUT2D eigenvalue weighted by atomic mass is 16.6. The lowest BCUT2D eigenvalue weighted by Crippen LogP contribution is -2.36. The Hall–Kier alpha value is -2.76. The van der Waals surface area contributed by atoms with Gasteiger partial charge in [0.25, 0.3) is 5.91 Å². The molecule has 0 bridgehead atoms. The number of benzene rings is 1. The van der Waals surface area contributed by atoms with Crippen molar-refractivity contribution < 1.29 is 23.5 Å². The van der Waals surface area contributed by atoms with E-state index in [0.29, 0.717) is 11.5 Å². The van der Waals surface area contributed by atoms with E-state index < -0.39 is 18.0 Å². The van der Waals surface area contributed by atoms with Gasteiger partial charge in [-0.1, -0.05) is 12.1 Å². The summed E-state index contributed by atoms with van der Waals surface area (Å²) in [6, 6.07) is 9.08. The topological polar surface area (TPSA) is 77.8 Å². The van der Waals surface area contributed by atoms with Gasteiger partial charge < -0.3 is 19.2 Å². The molecule has 1 N–H and O–H groups in total. The summed E-state index contributed by atoms with van der Waals surface area (Å²) in [6.45, 7) is 5.38. The van der Waals surface area contributed by atoms with Gasteiger partial charge in [-0.05, 0) is 50.1 Å².